The van der Waals surface area contributed by atoms with Crippen LogP contribution in [-0.2, 0) is 0 Å². The van der Waals surface area contributed by atoms with Crippen LogP contribution < -0.4 is 0 Å². The fourth-order valence-electron chi connectivity index (χ4n) is 2.54. The maximum atomic E-state index is 4.80. The highest BCUT2D eigenvalue weighted by Gasteiger charge is 2.13. The second-order valence-electron chi connectivity index (χ2n) is 4.87. The molecule has 0 saturated carbocycles. The molecular formula is C19H18N2. The molecule has 0 aliphatic heterocycles. The van der Waals surface area contributed by atoms with Crippen molar-refractivity contribution in [2.75, 3.05) is 0 Å². The van der Waals surface area contributed by atoms with E-state index in [2.05, 4.69) is 42.3 Å². The number of imidazole rings is 1. The molecule has 21 heavy (non-hydrogen) atoms. The lowest BCUT2D eigenvalue weighted by molar-refractivity contribution is 1.05. The molecule has 0 aliphatic carbocycles. The Bertz CT molecular complexity index is 795. The fraction of sp³-hybridized carbons (Fsp3) is 0.105. The Kier molecular flexibility index (Phi) is 3.69. The van der Waals surface area contributed by atoms with E-state index < -0.39 is 0 Å². The largest absolute Gasteiger partial charge is 0.292 e. The van der Waals surface area contributed by atoms with Gasteiger partial charge in [0, 0.05) is 11.3 Å². The van der Waals surface area contributed by atoms with Crippen LogP contribution in [0, 0.1) is 0 Å². The number of rotatable bonds is 4. The summed E-state index contributed by atoms with van der Waals surface area (Å²) in [5.41, 5.74) is 4.30. The van der Waals surface area contributed by atoms with Crippen molar-refractivity contribution in [1.82, 2.24) is 9.55 Å². The first-order valence-corrected chi connectivity index (χ1v) is 7.21. The molecule has 0 aliphatic rings. The Morgan fingerprint density at radius 1 is 1.10 bits per heavy atom. The molecule has 3 aromatic rings. The molecule has 1 heterocycles. The van der Waals surface area contributed by atoms with Crippen molar-refractivity contribution in [1.29, 1.82) is 0 Å². The summed E-state index contributed by atoms with van der Waals surface area (Å²) in [4.78, 5) is 4.80. The van der Waals surface area contributed by atoms with Crippen molar-refractivity contribution in [3.8, 4) is 5.69 Å². The van der Waals surface area contributed by atoms with Crippen LogP contribution in [-0.4, -0.2) is 9.55 Å². The average Bonchev–Trinajstić information content (AvgIpc) is 2.92. The molecular weight excluding hydrogens is 256 g/mol. The highest BCUT2D eigenvalue weighted by molar-refractivity contribution is 5.84. The van der Waals surface area contributed by atoms with Gasteiger partial charge in [-0.25, -0.2) is 4.98 Å². The standard InChI is InChI=1S/C19H18N2/c1-3-10-15(4-2)19-20-17-13-8-9-14-18(17)21(19)16-11-6-5-7-12-16/h4-14H,2-3H2,1H3/b15-10+. The van der Waals surface area contributed by atoms with Crippen LogP contribution in [0.2, 0.25) is 0 Å². The van der Waals surface area contributed by atoms with E-state index in [9.17, 15) is 0 Å². The molecule has 0 fully saturated rings. The predicted octanol–water partition coefficient (Wildman–Crippen LogP) is 5.00. The van der Waals surface area contributed by atoms with Gasteiger partial charge in [-0.3, -0.25) is 4.57 Å². The number of fused-ring (bicyclic) bond motifs is 1. The van der Waals surface area contributed by atoms with Gasteiger partial charge in [0.05, 0.1) is 11.0 Å². The fourth-order valence-corrected chi connectivity index (χ4v) is 2.54. The zero-order chi connectivity index (χ0) is 14.7. The Morgan fingerprint density at radius 2 is 1.81 bits per heavy atom. The third-order valence-corrected chi connectivity index (χ3v) is 3.48. The number of benzene rings is 2. The normalized spacial score (nSPS) is 11.8. The second kappa shape index (κ2) is 5.80. The Balaban J connectivity index is 2.34. The van der Waals surface area contributed by atoms with Crippen LogP contribution in [0.3, 0.4) is 0 Å². The highest BCUT2D eigenvalue weighted by atomic mass is 15.1. The molecule has 2 heteroatoms. The third-order valence-electron chi connectivity index (χ3n) is 3.48. The molecule has 0 bridgehead atoms. The zero-order valence-electron chi connectivity index (χ0n) is 12.2. The summed E-state index contributed by atoms with van der Waals surface area (Å²) in [6.45, 7) is 6.06. The molecule has 0 spiro atoms. The predicted molar refractivity (Wildman–Crippen MR) is 89.5 cm³/mol. The van der Waals surface area contributed by atoms with E-state index in [1.807, 2.05) is 42.5 Å². The molecule has 2 nitrogen and oxygen atoms in total. The highest BCUT2D eigenvalue weighted by Crippen LogP contribution is 2.26. The summed E-state index contributed by atoms with van der Waals surface area (Å²) < 4.78 is 2.19. The van der Waals surface area contributed by atoms with Crippen molar-refractivity contribution >= 4 is 16.6 Å². The maximum Gasteiger partial charge on any atom is 0.145 e. The Labute approximate surface area is 125 Å². The molecule has 2 aromatic carbocycles. The summed E-state index contributed by atoms with van der Waals surface area (Å²) in [5, 5.41) is 0. The Hall–Kier alpha value is -2.61. The molecule has 1 aromatic heterocycles. The maximum absolute atomic E-state index is 4.80. The first-order chi connectivity index (χ1) is 10.3. The summed E-state index contributed by atoms with van der Waals surface area (Å²) in [5.74, 6) is 0.944. The van der Waals surface area contributed by atoms with Crippen molar-refractivity contribution in [2.24, 2.45) is 0 Å². The van der Waals surface area contributed by atoms with Gasteiger partial charge in [0.15, 0.2) is 0 Å². The molecule has 0 N–H and O–H groups in total. The number of nitrogens with zero attached hydrogens (tertiary/aromatic N) is 2. The van der Waals surface area contributed by atoms with E-state index in [-0.39, 0.29) is 0 Å². The van der Waals surface area contributed by atoms with Crippen LogP contribution in [0.15, 0.2) is 73.3 Å². The van der Waals surface area contributed by atoms with Gasteiger partial charge < -0.3 is 0 Å². The van der Waals surface area contributed by atoms with Crippen molar-refractivity contribution in [3.63, 3.8) is 0 Å². The second-order valence-corrected chi connectivity index (χ2v) is 4.87. The summed E-state index contributed by atoms with van der Waals surface area (Å²) >= 11 is 0. The van der Waals surface area contributed by atoms with E-state index in [4.69, 9.17) is 4.98 Å². The van der Waals surface area contributed by atoms with Gasteiger partial charge in [0.2, 0.25) is 0 Å². The van der Waals surface area contributed by atoms with Crippen molar-refractivity contribution < 1.29 is 0 Å². The van der Waals surface area contributed by atoms with Gasteiger partial charge in [-0.05, 0) is 30.7 Å². The molecule has 0 saturated heterocycles. The number of hydrogen-bond donors (Lipinski definition) is 0. The average molecular weight is 274 g/mol. The minimum atomic E-state index is 0.944. The Morgan fingerprint density at radius 3 is 2.52 bits per heavy atom. The van der Waals surface area contributed by atoms with E-state index in [1.54, 1.807) is 0 Å². The monoisotopic (exact) mass is 274 g/mol. The molecule has 0 radical (unpaired) electrons. The summed E-state index contributed by atoms with van der Waals surface area (Å²) in [6.07, 6.45) is 5.00. The van der Waals surface area contributed by atoms with Crippen LogP contribution in [0.1, 0.15) is 19.2 Å². The molecule has 0 unspecified atom stereocenters. The van der Waals surface area contributed by atoms with Gasteiger partial charge in [-0.1, -0.05) is 56.0 Å². The first kappa shape index (κ1) is 13.4. The molecule has 104 valence electrons. The van der Waals surface area contributed by atoms with Gasteiger partial charge in [0.25, 0.3) is 0 Å². The smallest absolute Gasteiger partial charge is 0.145 e. The number of allylic oxidation sites excluding steroid dienone is 3. The number of para-hydroxylation sites is 3. The lowest BCUT2D eigenvalue weighted by Crippen LogP contribution is -1.99. The first-order valence-electron chi connectivity index (χ1n) is 7.21. The zero-order valence-corrected chi connectivity index (χ0v) is 12.2. The van der Waals surface area contributed by atoms with Crippen molar-refractivity contribution in [2.45, 2.75) is 13.3 Å². The molecule has 3 rings (SSSR count). The SMILES string of the molecule is C=C/C(=C\CC)c1nc2ccccc2n1-c1ccccc1. The lowest BCUT2D eigenvalue weighted by atomic mass is 10.2. The molecule has 0 atom stereocenters. The number of hydrogen-bond acceptors (Lipinski definition) is 1. The van der Waals surface area contributed by atoms with Crippen LogP contribution in [0.25, 0.3) is 22.3 Å². The van der Waals surface area contributed by atoms with Gasteiger partial charge >= 0.3 is 0 Å². The van der Waals surface area contributed by atoms with Crippen molar-refractivity contribution in [3.05, 3.63) is 79.2 Å². The van der Waals surface area contributed by atoms with Gasteiger partial charge in [-0.2, -0.15) is 0 Å². The van der Waals surface area contributed by atoms with Gasteiger partial charge in [0.1, 0.15) is 5.82 Å². The van der Waals surface area contributed by atoms with Crippen LogP contribution >= 0.6 is 0 Å². The lowest BCUT2D eigenvalue weighted by Gasteiger charge is -2.09. The van der Waals surface area contributed by atoms with E-state index in [0.717, 1.165) is 34.5 Å². The van der Waals surface area contributed by atoms with E-state index >= 15 is 0 Å². The van der Waals surface area contributed by atoms with Crippen LogP contribution in [0.5, 0.6) is 0 Å². The van der Waals surface area contributed by atoms with Gasteiger partial charge in [-0.15, -0.1) is 0 Å². The molecule has 0 amide bonds. The van der Waals surface area contributed by atoms with Crippen LogP contribution in [0.4, 0.5) is 0 Å². The minimum Gasteiger partial charge on any atom is -0.292 e. The summed E-state index contributed by atoms with van der Waals surface area (Å²) in [7, 11) is 0. The summed E-state index contributed by atoms with van der Waals surface area (Å²) in [6, 6.07) is 18.5. The van der Waals surface area contributed by atoms with E-state index in [0.29, 0.717) is 0 Å². The minimum absolute atomic E-state index is 0.944. The van der Waals surface area contributed by atoms with E-state index in [1.165, 1.54) is 0 Å². The quantitative estimate of drug-likeness (QED) is 0.612. The topological polar surface area (TPSA) is 17.8 Å². The number of aromatic nitrogens is 2. The third kappa shape index (κ3) is 2.40.